The van der Waals surface area contributed by atoms with Crippen molar-refractivity contribution in [2.45, 2.75) is 65.2 Å². The molecule has 1 saturated heterocycles. The Kier molecular flexibility index (Phi) is 6.53. The van der Waals surface area contributed by atoms with Crippen molar-refractivity contribution in [2.24, 2.45) is 23.7 Å². The van der Waals surface area contributed by atoms with Crippen LogP contribution in [0.3, 0.4) is 0 Å². The zero-order chi connectivity index (χ0) is 15.2. The maximum Gasteiger partial charge on any atom is 0.225 e. The molecule has 2 fully saturated rings. The van der Waals surface area contributed by atoms with Gasteiger partial charge in [-0.3, -0.25) is 4.79 Å². The number of aliphatic hydroxyl groups is 1. The molecular formula is C18H33NO2. The minimum Gasteiger partial charge on any atom is -0.396 e. The quantitative estimate of drug-likeness (QED) is 0.844. The molecule has 21 heavy (non-hydrogen) atoms. The number of carbonyl (C=O) groups excluding carboxylic acids is 1. The van der Waals surface area contributed by atoms with E-state index in [1.54, 1.807) is 0 Å². The van der Waals surface area contributed by atoms with E-state index in [0.29, 0.717) is 17.7 Å². The van der Waals surface area contributed by atoms with Crippen molar-refractivity contribution in [3.63, 3.8) is 0 Å². The summed E-state index contributed by atoms with van der Waals surface area (Å²) < 4.78 is 0. The van der Waals surface area contributed by atoms with Crippen molar-refractivity contribution >= 4 is 5.91 Å². The summed E-state index contributed by atoms with van der Waals surface area (Å²) >= 11 is 0. The molecule has 3 nitrogen and oxygen atoms in total. The molecule has 0 spiro atoms. The molecule has 3 heteroatoms. The van der Waals surface area contributed by atoms with Gasteiger partial charge in [-0.15, -0.1) is 0 Å². The van der Waals surface area contributed by atoms with Crippen molar-refractivity contribution in [1.29, 1.82) is 0 Å². The average Bonchev–Trinajstić information content (AvgIpc) is 2.52. The SMILES string of the molecule is CC(C)C(CC1CCCCC1)C(=O)N1CCCC(CO)C1. The molecule has 1 aliphatic carbocycles. The van der Waals surface area contributed by atoms with E-state index < -0.39 is 0 Å². The van der Waals surface area contributed by atoms with Crippen LogP contribution < -0.4 is 0 Å². The van der Waals surface area contributed by atoms with Crippen LogP contribution >= 0.6 is 0 Å². The maximum absolute atomic E-state index is 12.9. The van der Waals surface area contributed by atoms with E-state index in [9.17, 15) is 9.90 Å². The summed E-state index contributed by atoms with van der Waals surface area (Å²) in [7, 11) is 0. The number of amides is 1. The maximum atomic E-state index is 12.9. The van der Waals surface area contributed by atoms with E-state index in [-0.39, 0.29) is 12.5 Å². The largest absolute Gasteiger partial charge is 0.396 e. The van der Waals surface area contributed by atoms with Gasteiger partial charge in [0.2, 0.25) is 5.91 Å². The lowest BCUT2D eigenvalue weighted by molar-refractivity contribution is -0.140. The van der Waals surface area contributed by atoms with E-state index in [0.717, 1.165) is 38.3 Å². The second kappa shape index (κ2) is 8.17. The molecule has 1 N–H and O–H groups in total. The number of nitrogens with zero attached hydrogens (tertiary/aromatic N) is 1. The highest BCUT2D eigenvalue weighted by atomic mass is 16.3. The molecule has 1 aliphatic heterocycles. The first-order valence-electron chi connectivity index (χ1n) is 9.01. The fourth-order valence-electron chi connectivity index (χ4n) is 4.09. The van der Waals surface area contributed by atoms with E-state index in [4.69, 9.17) is 0 Å². The Morgan fingerprint density at radius 1 is 1.10 bits per heavy atom. The minimum atomic E-state index is 0.186. The highest BCUT2D eigenvalue weighted by Gasteiger charge is 2.32. The summed E-state index contributed by atoms with van der Waals surface area (Å²) in [6.07, 6.45) is 9.89. The topological polar surface area (TPSA) is 40.5 Å². The van der Waals surface area contributed by atoms with Gasteiger partial charge in [0.25, 0.3) is 0 Å². The third-order valence-electron chi connectivity index (χ3n) is 5.52. The highest BCUT2D eigenvalue weighted by molar-refractivity contribution is 5.79. The van der Waals surface area contributed by atoms with Gasteiger partial charge < -0.3 is 10.0 Å². The second-order valence-corrected chi connectivity index (χ2v) is 7.57. The molecule has 0 aromatic heterocycles. The minimum absolute atomic E-state index is 0.186. The fourth-order valence-corrected chi connectivity index (χ4v) is 4.09. The molecule has 2 rings (SSSR count). The molecule has 1 saturated carbocycles. The molecule has 2 aliphatic rings. The van der Waals surface area contributed by atoms with Crippen molar-refractivity contribution in [1.82, 2.24) is 4.90 Å². The van der Waals surface area contributed by atoms with Gasteiger partial charge in [-0.05, 0) is 37.0 Å². The lowest BCUT2D eigenvalue weighted by atomic mass is 9.78. The lowest BCUT2D eigenvalue weighted by Gasteiger charge is -2.36. The Morgan fingerprint density at radius 2 is 1.76 bits per heavy atom. The van der Waals surface area contributed by atoms with Crippen molar-refractivity contribution < 1.29 is 9.90 Å². The summed E-state index contributed by atoms with van der Waals surface area (Å²) in [4.78, 5) is 15.0. The summed E-state index contributed by atoms with van der Waals surface area (Å²) in [5.41, 5.74) is 0. The van der Waals surface area contributed by atoms with Crippen LogP contribution in [0.4, 0.5) is 0 Å². The number of aliphatic hydroxyl groups excluding tert-OH is 1. The predicted molar refractivity (Wildman–Crippen MR) is 85.9 cm³/mol. The van der Waals surface area contributed by atoms with Gasteiger partial charge in [0.1, 0.15) is 0 Å². The van der Waals surface area contributed by atoms with Gasteiger partial charge in [0.05, 0.1) is 0 Å². The van der Waals surface area contributed by atoms with Gasteiger partial charge in [0, 0.05) is 25.6 Å². The molecule has 0 bridgehead atoms. The van der Waals surface area contributed by atoms with Gasteiger partial charge in [-0.1, -0.05) is 46.0 Å². The lowest BCUT2D eigenvalue weighted by Crippen LogP contribution is -2.45. The number of likely N-dealkylation sites (tertiary alicyclic amines) is 1. The van der Waals surface area contributed by atoms with Crippen LogP contribution in [-0.2, 0) is 4.79 Å². The Hall–Kier alpha value is -0.570. The van der Waals surface area contributed by atoms with Crippen molar-refractivity contribution in [3.05, 3.63) is 0 Å². The first-order valence-corrected chi connectivity index (χ1v) is 9.01. The van der Waals surface area contributed by atoms with Gasteiger partial charge >= 0.3 is 0 Å². The van der Waals surface area contributed by atoms with E-state index >= 15 is 0 Å². The first kappa shape index (κ1) is 16.8. The second-order valence-electron chi connectivity index (χ2n) is 7.57. The fraction of sp³-hybridized carbons (Fsp3) is 0.944. The van der Waals surface area contributed by atoms with Crippen LogP contribution in [0.2, 0.25) is 0 Å². The van der Waals surface area contributed by atoms with Gasteiger partial charge in [-0.2, -0.15) is 0 Å². The molecule has 2 atom stereocenters. The van der Waals surface area contributed by atoms with E-state index in [1.807, 2.05) is 4.90 Å². The van der Waals surface area contributed by atoms with Crippen LogP contribution in [0.5, 0.6) is 0 Å². The Morgan fingerprint density at radius 3 is 2.38 bits per heavy atom. The van der Waals surface area contributed by atoms with E-state index in [2.05, 4.69) is 13.8 Å². The summed E-state index contributed by atoms with van der Waals surface area (Å²) in [5.74, 6) is 2.02. The summed E-state index contributed by atoms with van der Waals surface area (Å²) in [6.45, 7) is 6.27. The summed E-state index contributed by atoms with van der Waals surface area (Å²) in [5, 5.41) is 9.36. The zero-order valence-corrected chi connectivity index (χ0v) is 13.9. The average molecular weight is 295 g/mol. The predicted octanol–water partition coefficient (Wildman–Crippen LogP) is 3.46. The van der Waals surface area contributed by atoms with Crippen LogP contribution in [0.1, 0.15) is 65.2 Å². The molecule has 122 valence electrons. The number of hydrogen-bond acceptors (Lipinski definition) is 2. The van der Waals surface area contributed by atoms with Crippen molar-refractivity contribution in [3.8, 4) is 0 Å². The standard InChI is InChI=1S/C18H33NO2/c1-14(2)17(11-15-7-4-3-5-8-15)18(21)19-10-6-9-16(12-19)13-20/h14-17,20H,3-13H2,1-2H3. The molecule has 1 heterocycles. The first-order chi connectivity index (χ1) is 10.1. The third-order valence-corrected chi connectivity index (χ3v) is 5.52. The number of hydrogen-bond donors (Lipinski definition) is 1. The number of rotatable bonds is 5. The van der Waals surface area contributed by atoms with Crippen LogP contribution in [0, 0.1) is 23.7 Å². The van der Waals surface area contributed by atoms with Crippen LogP contribution in [0.15, 0.2) is 0 Å². The van der Waals surface area contributed by atoms with Crippen molar-refractivity contribution in [2.75, 3.05) is 19.7 Å². The molecule has 0 aromatic rings. The van der Waals surface area contributed by atoms with Gasteiger partial charge in [-0.25, -0.2) is 0 Å². The molecule has 0 aromatic carbocycles. The summed E-state index contributed by atoms with van der Waals surface area (Å²) in [6, 6.07) is 0. The molecule has 1 amide bonds. The molecular weight excluding hydrogens is 262 g/mol. The number of piperidine rings is 1. The number of carbonyl (C=O) groups is 1. The smallest absolute Gasteiger partial charge is 0.225 e. The normalized spacial score (nSPS) is 26.1. The van der Waals surface area contributed by atoms with Crippen LogP contribution in [-0.4, -0.2) is 35.6 Å². The molecule has 2 unspecified atom stereocenters. The zero-order valence-electron chi connectivity index (χ0n) is 13.9. The molecule has 0 radical (unpaired) electrons. The van der Waals surface area contributed by atoms with E-state index in [1.165, 1.54) is 32.1 Å². The monoisotopic (exact) mass is 295 g/mol. The Labute approximate surface area is 130 Å². The Balaban J connectivity index is 1.94. The van der Waals surface area contributed by atoms with Crippen LogP contribution in [0.25, 0.3) is 0 Å². The third kappa shape index (κ3) is 4.70. The highest BCUT2D eigenvalue weighted by Crippen LogP contribution is 2.33. The Bertz CT molecular complexity index is 323. The van der Waals surface area contributed by atoms with Gasteiger partial charge in [0.15, 0.2) is 0 Å².